The molecule has 0 aliphatic rings. The number of carbonyl (C=O) groups excluding carboxylic acids is 1. The molecule has 0 aliphatic carbocycles. The quantitative estimate of drug-likeness (QED) is 0.518. The minimum atomic E-state index is -1.44. The van der Waals surface area contributed by atoms with Gasteiger partial charge in [0.05, 0.1) is 11.0 Å². The van der Waals surface area contributed by atoms with Gasteiger partial charge in [-0.25, -0.2) is 0 Å². The topological polar surface area (TPSA) is 60.4 Å². The van der Waals surface area contributed by atoms with Crippen LogP contribution in [-0.4, -0.2) is 11.1 Å². The van der Waals surface area contributed by atoms with E-state index >= 15 is 0 Å². The van der Waals surface area contributed by atoms with E-state index in [1.807, 2.05) is 0 Å². The van der Waals surface area contributed by atoms with E-state index in [-0.39, 0.29) is 62.0 Å². The molecular formula is C7H4ClKO3. The van der Waals surface area contributed by atoms with Crippen molar-refractivity contribution in [1.29, 1.82) is 0 Å². The monoisotopic (exact) mass is 210 g/mol. The zero-order valence-corrected chi connectivity index (χ0v) is 10.3. The number of benzene rings is 1. The van der Waals surface area contributed by atoms with Crippen LogP contribution in [0.1, 0.15) is 10.4 Å². The van der Waals surface area contributed by atoms with Crippen LogP contribution in [-0.2, 0) is 0 Å². The van der Waals surface area contributed by atoms with Gasteiger partial charge in [0.1, 0.15) is 5.75 Å². The van der Waals surface area contributed by atoms with Gasteiger partial charge in [-0.3, -0.25) is 0 Å². The Morgan fingerprint density at radius 2 is 2.08 bits per heavy atom. The first-order valence-electron chi connectivity index (χ1n) is 2.81. The summed E-state index contributed by atoms with van der Waals surface area (Å²) in [5, 5.41) is 19.3. The van der Waals surface area contributed by atoms with Gasteiger partial charge in [0, 0.05) is 5.56 Å². The average molecular weight is 211 g/mol. The minimum Gasteiger partial charge on any atom is -0.545 e. The average Bonchev–Trinajstić information content (AvgIpc) is 1.94. The van der Waals surface area contributed by atoms with Crippen molar-refractivity contribution in [2.24, 2.45) is 0 Å². The number of rotatable bonds is 1. The number of hydrogen-bond acceptors (Lipinski definition) is 3. The molecular weight excluding hydrogens is 207 g/mol. The second kappa shape index (κ2) is 5.21. The van der Waals surface area contributed by atoms with Crippen LogP contribution in [0, 0.1) is 0 Å². The molecule has 0 saturated carbocycles. The maximum atomic E-state index is 10.2. The van der Waals surface area contributed by atoms with Gasteiger partial charge in [0.15, 0.2) is 0 Å². The molecule has 1 aromatic rings. The number of para-hydroxylation sites is 1. The molecule has 0 fully saturated rings. The van der Waals surface area contributed by atoms with E-state index in [0.717, 1.165) is 0 Å². The third kappa shape index (κ3) is 2.72. The predicted octanol–water partition coefficient (Wildman–Crippen LogP) is -2.59. The van der Waals surface area contributed by atoms with E-state index in [9.17, 15) is 9.90 Å². The number of aromatic carboxylic acids is 1. The molecule has 0 spiro atoms. The zero-order chi connectivity index (χ0) is 8.43. The van der Waals surface area contributed by atoms with Gasteiger partial charge in [0.25, 0.3) is 0 Å². The van der Waals surface area contributed by atoms with Gasteiger partial charge in [0.2, 0.25) is 0 Å². The Kier molecular flexibility index (Phi) is 5.39. The van der Waals surface area contributed by atoms with Crippen LogP contribution in [0.2, 0.25) is 5.02 Å². The largest absolute Gasteiger partial charge is 1.00 e. The van der Waals surface area contributed by atoms with E-state index in [0.29, 0.717) is 0 Å². The van der Waals surface area contributed by atoms with Gasteiger partial charge in [-0.05, 0) is 12.1 Å². The number of aromatic hydroxyl groups is 1. The number of phenols is 1. The molecule has 0 aliphatic heterocycles. The van der Waals surface area contributed by atoms with Gasteiger partial charge in [-0.1, -0.05) is 17.7 Å². The van der Waals surface area contributed by atoms with Crippen molar-refractivity contribution in [2.75, 3.05) is 0 Å². The van der Waals surface area contributed by atoms with E-state index in [1.165, 1.54) is 18.2 Å². The molecule has 0 aromatic heterocycles. The molecule has 0 saturated heterocycles. The van der Waals surface area contributed by atoms with Crippen molar-refractivity contribution in [3.8, 4) is 5.75 Å². The first-order valence-corrected chi connectivity index (χ1v) is 3.19. The molecule has 0 amide bonds. The summed E-state index contributed by atoms with van der Waals surface area (Å²) in [6.07, 6.45) is 0. The van der Waals surface area contributed by atoms with Gasteiger partial charge >= 0.3 is 51.4 Å². The van der Waals surface area contributed by atoms with E-state index in [2.05, 4.69) is 0 Å². The van der Waals surface area contributed by atoms with Crippen LogP contribution < -0.4 is 56.5 Å². The number of halogens is 1. The zero-order valence-electron chi connectivity index (χ0n) is 6.37. The van der Waals surface area contributed by atoms with E-state index < -0.39 is 11.7 Å². The van der Waals surface area contributed by atoms with Crippen molar-refractivity contribution < 1.29 is 66.4 Å². The first-order chi connectivity index (χ1) is 5.13. The molecule has 12 heavy (non-hydrogen) atoms. The fourth-order valence-electron chi connectivity index (χ4n) is 0.680. The summed E-state index contributed by atoms with van der Waals surface area (Å²) < 4.78 is 0. The SMILES string of the molecule is O=C([O-])c1cccc(Cl)c1O.[K+]. The molecule has 0 unspecified atom stereocenters. The maximum Gasteiger partial charge on any atom is 1.00 e. The normalized spacial score (nSPS) is 8.75. The molecule has 0 radical (unpaired) electrons. The summed E-state index contributed by atoms with van der Waals surface area (Å²) in [7, 11) is 0. The van der Waals surface area contributed by atoms with Crippen LogP contribution in [0.5, 0.6) is 5.75 Å². The van der Waals surface area contributed by atoms with Crippen molar-refractivity contribution in [1.82, 2.24) is 0 Å². The van der Waals surface area contributed by atoms with E-state index in [4.69, 9.17) is 16.7 Å². The summed E-state index contributed by atoms with van der Waals surface area (Å²) in [5.74, 6) is -1.89. The van der Waals surface area contributed by atoms with Gasteiger partial charge in [-0.15, -0.1) is 0 Å². The fraction of sp³-hybridized carbons (Fsp3) is 0. The molecule has 58 valence electrons. The summed E-state index contributed by atoms with van der Waals surface area (Å²) in [6, 6.07) is 4.03. The summed E-state index contributed by atoms with van der Waals surface area (Å²) in [6.45, 7) is 0. The minimum absolute atomic E-state index is 0. The number of hydrogen-bond donors (Lipinski definition) is 1. The van der Waals surface area contributed by atoms with E-state index in [1.54, 1.807) is 0 Å². The Morgan fingerprint density at radius 1 is 1.50 bits per heavy atom. The Morgan fingerprint density at radius 3 is 2.50 bits per heavy atom. The van der Waals surface area contributed by atoms with Crippen molar-refractivity contribution in [3.63, 3.8) is 0 Å². The fourth-order valence-corrected chi connectivity index (χ4v) is 0.855. The van der Waals surface area contributed by atoms with Crippen molar-refractivity contribution in [2.45, 2.75) is 0 Å². The maximum absolute atomic E-state index is 10.2. The predicted molar refractivity (Wildman–Crippen MR) is 37.4 cm³/mol. The molecule has 1 N–H and O–H groups in total. The Balaban J connectivity index is 0.00000121. The standard InChI is InChI=1S/C7H5ClO3.K/c8-5-3-1-2-4(6(5)9)7(10)11;/h1-3,9H,(H,10,11);/q;+1/p-1. The molecule has 3 nitrogen and oxygen atoms in total. The van der Waals surface area contributed by atoms with Gasteiger partial charge < -0.3 is 15.0 Å². The van der Waals surface area contributed by atoms with Crippen LogP contribution in [0.25, 0.3) is 0 Å². The Bertz CT molecular complexity index is 301. The van der Waals surface area contributed by atoms with Crippen molar-refractivity contribution >= 4 is 17.6 Å². The third-order valence-corrected chi connectivity index (χ3v) is 1.51. The van der Waals surface area contributed by atoms with Crippen LogP contribution in [0.4, 0.5) is 0 Å². The van der Waals surface area contributed by atoms with Gasteiger partial charge in [-0.2, -0.15) is 0 Å². The van der Waals surface area contributed by atoms with Crippen LogP contribution >= 0.6 is 11.6 Å². The number of carboxylic acids is 1. The molecule has 0 atom stereocenters. The Hall–Kier alpha value is 0.416. The molecule has 1 aromatic carbocycles. The molecule has 1 rings (SSSR count). The van der Waals surface area contributed by atoms with Crippen LogP contribution in [0.15, 0.2) is 18.2 Å². The summed E-state index contributed by atoms with van der Waals surface area (Å²) >= 11 is 5.42. The molecule has 0 bridgehead atoms. The third-order valence-electron chi connectivity index (χ3n) is 1.21. The first kappa shape index (κ1) is 12.4. The van der Waals surface area contributed by atoms with Crippen molar-refractivity contribution in [3.05, 3.63) is 28.8 Å². The summed E-state index contributed by atoms with van der Waals surface area (Å²) in [5.41, 5.74) is -0.294. The smallest absolute Gasteiger partial charge is 0.545 e. The second-order valence-electron chi connectivity index (χ2n) is 1.92. The number of carboxylic acid groups (broad SMARTS) is 1. The Labute approximate surface area is 117 Å². The second-order valence-corrected chi connectivity index (χ2v) is 2.33. The van der Waals surface area contributed by atoms with Crippen LogP contribution in [0.3, 0.4) is 0 Å². The number of carbonyl (C=O) groups is 1. The molecule has 5 heteroatoms. The summed E-state index contributed by atoms with van der Waals surface area (Å²) in [4.78, 5) is 10.2. The molecule has 0 heterocycles.